The molecule has 0 atom stereocenters. The van der Waals surface area contributed by atoms with Crippen LogP contribution in [0.3, 0.4) is 0 Å². The maximum atomic E-state index is 13.9. The Hall–Kier alpha value is -1.88. The summed E-state index contributed by atoms with van der Waals surface area (Å²) in [5.41, 5.74) is 1.51. The molecule has 5 heteroatoms. The highest BCUT2D eigenvalue weighted by molar-refractivity contribution is 5.97. The Morgan fingerprint density at radius 2 is 2.32 bits per heavy atom. The standard InChI is InChI=1S/C14H16FNO3/c1-2-19-14(18)11-8-10-4-3-5-12(15)13(10)16(9-11)6-7-17/h3-5,8,17H,2,6-7,9H2,1H3. The zero-order valence-corrected chi connectivity index (χ0v) is 10.7. The molecule has 0 aromatic heterocycles. The van der Waals surface area contributed by atoms with Gasteiger partial charge in [-0.3, -0.25) is 0 Å². The molecule has 1 aromatic carbocycles. The van der Waals surface area contributed by atoms with E-state index in [9.17, 15) is 9.18 Å². The second-order valence-electron chi connectivity index (χ2n) is 4.21. The number of aliphatic hydroxyl groups is 1. The SMILES string of the molecule is CCOC(=O)C1=Cc2cccc(F)c2N(CCO)C1. The number of carbonyl (C=O) groups excluding carboxylic acids is 1. The number of benzene rings is 1. The summed E-state index contributed by atoms with van der Waals surface area (Å²) < 4.78 is 18.8. The summed E-state index contributed by atoms with van der Waals surface area (Å²) in [5.74, 6) is -0.759. The number of fused-ring (bicyclic) bond motifs is 1. The van der Waals surface area contributed by atoms with Crippen molar-refractivity contribution in [1.82, 2.24) is 0 Å². The molecule has 1 heterocycles. The number of para-hydroxylation sites is 1. The molecule has 0 aliphatic carbocycles. The molecule has 19 heavy (non-hydrogen) atoms. The molecular weight excluding hydrogens is 249 g/mol. The Labute approximate surface area is 111 Å². The minimum absolute atomic E-state index is 0.107. The molecule has 0 fully saturated rings. The quantitative estimate of drug-likeness (QED) is 0.840. The molecule has 0 radical (unpaired) electrons. The molecule has 4 nitrogen and oxygen atoms in total. The predicted molar refractivity (Wildman–Crippen MR) is 70.3 cm³/mol. The second-order valence-corrected chi connectivity index (χ2v) is 4.21. The third kappa shape index (κ3) is 2.76. The summed E-state index contributed by atoms with van der Waals surface area (Å²) in [5, 5.41) is 9.06. The molecule has 0 amide bonds. The van der Waals surface area contributed by atoms with Gasteiger partial charge < -0.3 is 14.7 Å². The van der Waals surface area contributed by atoms with Gasteiger partial charge in [-0.2, -0.15) is 0 Å². The molecule has 0 saturated heterocycles. The van der Waals surface area contributed by atoms with Crippen LogP contribution in [0.1, 0.15) is 12.5 Å². The van der Waals surface area contributed by atoms with E-state index in [0.717, 1.165) is 0 Å². The number of carbonyl (C=O) groups is 1. The lowest BCUT2D eigenvalue weighted by Crippen LogP contribution is -2.34. The van der Waals surface area contributed by atoms with E-state index in [4.69, 9.17) is 9.84 Å². The van der Waals surface area contributed by atoms with Gasteiger partial charge in [0.2, 0.25) is 0 Å². The smallest absolute Gasteiger partial charge is 0.335 e. The second kappa shape index (κ2) is 5.84. The Balaban J connectivity index is 2.39. The van der Waals surface area contributed by atoms with Crippen LogP contribution in [-0.4, -0.2) is 37.4 Å². The van der Waals surface area contributed by atoms with Crippen molar-refractivity contribution in [2.75, 3.05) is 31.2 Å². The van der Waals surface area contributed by atoms with Gasteiger partial charge >= 0.3 is 5.97 Å². The molecule has 1 aliphatic heterocycles. The van der Waals surface area contributed by atoms with Crippen LogP contribution < -0.4 is 4.90 Å². The molecule has 102 valence electrons. The van der Waals surface area contributed by atoms with E-state index >= 15 is 0 Å². The van der Waals surface area contributed by atoms with Crippen molar-refractivity contribution in [3.05, 3.63) is 35.2 Å². The van der Waals surface area contributed by atoms with E-state index in [-0.39, 0.29) is 25.5 Å². The summed E-state index contributed by atoms with van der Waals surface area (Å²) >= 11 is 0. The largest absolute Gasteiger partial charge is 0.463 e. The summed E-state index contributed by atoms with van der Waals surface area (Å²) in [6.07, 6.45) is 1.64. The Bertz CT molecular complexity index is 513. The lowest BCUT2D eigenvalue weighted by Gasteiger charge is -2.30. The van der Waals surface area contributed by atoms with E-state index in [1.54, 1.807) is 30.0 Å². The fraction of sp³-hybridized carbons (Fsp3) is 0.357. The van der Waals surface area contributed by atoms with E-state index in [0.29, 0.717) is 23.4 Å². The fourth-order valence-corrected chi connectivity index (χ4v) is 2.16. The molecule has 0 unspecified atom stereocenters. The van der Waals surface area contributed by atoms with Crippen LogP contribution in [0.4, 0.5) is 10.1 Å². The van der Waals surface area contributed by atoms with E-state index in [2.05, 4.69) is 0 Å². The predicted octanol–water partition coefficient (Wildman–Crippen LogP) is 1.58. The number of nitrogens with zero attached hydrogens (tertiary/aromatic N) is 1. The number of esters is 1. The van der Waals surface area contributed by atoms with Gasteiger partial charge in [-0.25, -0.2) is 9.18 Å². The van der Waals surface area contributed by atoms with Crippen molar-refractivity contribution in [1.29, 1.82) is 0 Å². The minimum atomic E-state index is -0.402. The van der Waals surface area contributed by atoms with Crippen molar-refractivity contribution >= 4 is 17.7 Å². The molecular formula is C14H16FNO3. The van der Waals surface area contributed by atoms with Crippen LogP contribution >= 0.6 is 0 Å². The lowest BCUT2D eigenvalue weighted by atomic mass is 10.0. The maximum Gasteiger partial charge on any atom is 0.335 e. The van der Waals surface area contributed by atoms with Crippen molar-refractivity contribution in [3.8, 4) is 0 Å². The fourth-order valence-electron chi connectivity index (χ4n) is 2.16. The molecule has 0 bridgehead atoms. The number of aliphatic hydroxyl groups excluding tert-OH is 1. The Kier molecular flexibility index (Phi) is 4.16. The summed E-state index contributed by atoms with van der Waals surface area (Å²) in [7, 11) is 0. The van der Waals surface area contributed by atoms with Gasteiger partial charge in [-0.05, 0) is 19.1 Å². The minimum Gasteiger partial charge on any atom is -0.463 e. The molecule has 0 saturated carbocycles. The number of hydrogen-bond acceptors (Lipinski definition) is 4. The molecule has 1 aromatic rings. The molecule has 2 rings (SSSR count). The van der Waals surface area contributed by atoms with Crippen LogP contribution in [0.25, 0.3) is 6.08 Å². The summed E-state index contributed by atoms with van der Waals surface area (Å²) in [6, 6.07) is 4.70. The van der Waals surface area contributed by atoms with Crippen LogP contribution in [-0.2, 0) is 9.53 Å². The zero-order chi connectivity index (χ0) is 13.8. The topological polar surface area (TPSA) is 49.8 Å². The third-order valence-corrected chi connectivity index (χ3v) is 2.93. The maximum absolute atomic E-state index is 13.9. The van der Waals surface area contributed by atoms with Crippen molar-refractivity contribution in [2.24, 2.45) is 0 Å². The van der Waals surface area contributed by atoms with Gasteiger partial charge in [0.15, 0.2) is 0 Å². The molecule has 1 aliphatic rings. The highest BCUT2D eigenvalue weighted by Crippen LogP contribution is 2.31. The van der Waals surface area contributed by atoms with E-state index in [1.165, 1.54) is 6.07 Å². The van der Waals surface area contributed by atoms with Crippen molar-refractivity contribution in [2.45, 2.75) is 6.92 Å². The number of ether oxygens (including phenoxy) is 1. The highest BCUT2D eigenvalue weighted by atomic mass is 19.1. The van der Waals surface area contributed by atoms with Crippen molar-refractivity contribution in [3.63, 3.8) is 0 Å². The lowest BCUT2D eigenvalue weighted by molar-refractivity contribution is -0.138. The number of rotatable bonds is 4. The van der Waals surface area contributed by atoms with Crippen molar-refractivity contribution < 1.29 is 19.0 Å². The first-order valence-electron chi connectivity index (χ1n) is 6.19. The summed E-state index contributed by atoms with van der Waals surface area (Å²) in [6.45, 7) is 2.44. The van der Waals surface area contributed by atoms with Crippen LogP contribution in [0.2, 0.25) is 0 Å². The monoisotopic (exact) mass is 265 g/mol. The third-order valence-electron chi connectivity index (χ3n) is 2.93. The van der Waals surface area contributed by atoms with Gasteiger partial charge in [-0.15, -0.1) is 0 Å². The number of halogens is 1. The zero-order valence-electron chi connectivity index (χ0n) is 10.7. The first-order chi connectivity index (χ1) is 9.17. The van der Waals surface area contributed by atoms with Gasteiger partial charge in [0.05, 0.1) is 31.0 Å². The average Bonchev–Trinajstić information content (AvgIpc) is 2.39. The van der Waals surface area contributed by atoms with Gasteiger partial charge in [0, 0.05) is 12.1 Å². The van der Waals surface area contributed by atoms with Crippen LogP contribution in [0, 0.1) is 5.82 Å². The molecule has 1 N–H and O–H groups in total. The number of hydrogen-bond donors (Lipinski definition) is 1. The number of β-amino-alcohol motifs (C(OH)–C–C–N with tert-alkyl or cyclic N) is 1. The normalized spacial score (nSPS) is 13.8. The van der Waals surface area contributed by atoms with Crippen LogP contribution in [0.15, 0.2) is 23.8 Å². The van der Waals surface area contributed by atoms with E-state index in [1.807, 2.05) is 0 Å². The first-order valence-corrected chi connectivity index (χ1v) is 6.19. The van der Waals surface area contributed by atoms with E-state index < -0.39 is 5.97 Å². The van der Waals surface area contributed by atoms with Gasteiger partial charge in [0.25, 0.3) is 0 Å². The van der Waals surface area contributed by atoms with Crippen LogP contribution in [0.5, 0.6) is 0 Å². The molecule has 0 spiro atoms. The Morgan fingerprint density at radius 1 is 1.53 bits per heavy atom. The van der Waals surface area contributed by atoms with Gasteiger partial charge in [0.1, 0.15) is 5.82 Å². The number of anilines is 1. The average molecular weight is 265 g/mol. The van der Waals surface area contributed by atoms with Gasteiger partial charge in [-0.1, -0.05) is 12.1 Å². The highest BCUT2D eigenvalue weighted by Gasteiger charge is 2.24. The summed E-state index contributed by atoms with van der Waals surface area (Å²) in [4.78, 5) is 13.4. The Morgan fingerprint density at radius 3 is 3.00 bits per heavy atom. The first kappa shape index (κ1) is 13.5.